The molecule has 1 unspecified atom stereocenters. The fraction of sp³-hybridized carbons (Fsp3) is 0.571. The topological polar surface area (TPSA) is 37.3 Å². The molecule has 1 atom stereocenters. The largest absolute Gasteiger partial charge is 0.478 e. The maximum atomic E-state index is 12.5. The molecule has 0 amide bonds. The molecule has 0 aliphatic carbocycles. The van der Waals surface area contributed by atoms with E-state index in [0.717, 1.165) is 0 Å². The van der Waals surface area contributed by atoms with Gasteiger partial charge in [0.05, 0.1) is 0 Å². The molecule has 0 saturated heterocycles. The molecule has 0 rings (SSSR count). The van der Waals surface area contributed by atoms with Crippen LogP contribution < -0.4 is 0 Å². The van der Waals surface area contributed by atoms with Gasteiger partial charge in [-0.25, -0.2) is 9.18 Å². The van der Waals surface area contributed by atoms with Gasteiger partial charge < -0.3 is 5.11 Å². The third-order valence-corrected chi connectivity index (χ3v) is 1.46. The van der Waals surface area contributed by atoms with Crippen molar-refractivity contribution in [2.45, 2.75) is 25.2 Å². The van der Waals surface area contributed by atoms with Crippen molar-refractivity contribution in [2.75, 3.05) is 0 Å². The Morgan fingerprint density at radius 3 is 1.93 bits per heavy atom. The van der Waals surface area contributed by atoms with Gasteiger partial charge in [-0.3, -0.25) is 0 Å². The van der Waals surface area contributed by atoms with Gasteiger partial charge in [0.1, 0.15) is 0 Å². The van der Waals surface area contributed by atoms with E-state index in [1.54, 1.807) is 0 Å². The van der Waals surface area contributed by atoms with Gasteiger partial charge in [0.2, 0.25) is 0 Å². The molecule has 2 nitrogen and oxygen atoms in total. The standard InChI is InChI=1S/C7H6F6O2/c1-3(5(14)15)2-4(8)6(9,10)7(11,12)13/h2,4H,1H3,(H,14,15). The molecule has 88 valence electrons. The highest BCUT2D eigenvalue weighted by atomic mass is 19.4. The quantitative estimate of drug-likeness (QED) is 0.604. The maximum Gasteiger partial charge on any atom is 0.456 e. The summed E-state index contributed by atoms with van der Waals surface area (Å²) in [4.78, 5) is 10.1. The summed E-state index contributed by atoms with van der Waals surface area (Å²) in [6.07, 6.45) is -10.1. The molecular formula is C7H6F6O2. The lowest BCUT2D eigenvalue weighted by Crippen LogP contribution is -2.44. The van der Waals surface area contributed by atoms with Gasteiger partial charge in [0.15, 0.2) is 6.17 Å². The van der Waals surface area contributed by atoms with Crippen LogP contribution in [0, 0.1) is 0 Å². The van der Waals surface area contributed by atoms with E-state index in [-0.39, 0.29) is 6.08 Å². The summed E-state index contributed by atoms with van der Waals surface area (Å²) in [6, 6.07) is 0. The summed E-state index contributed by atoms with van der Waals surface area (Å²) in [5, 5.41) is 8.14. The summed E-state index contributed by atoms with van der Waals surface area (Å²) >= 11 is 0. The van der Waals surface area contributed by atoms with Crippen molar-refractivity contribution in [3.8, 4) is 0 Å². The number of carboxylic acid groups (broad SMARTS) is 1. The first kappa shape index (κ1) is 13.8. The van der Waals surface area contributed by atoms with Crippen LogP contribution in [-0.4, -0.2) is 29.3 Å². The van der Waals surface area contributed by atoms with Gasteiger partial charge in [-0.15, -0.1) is 0 Å². The highest BCUT2D eigenvalue weighted by Crippen LogP contribution is 2.40. The summed E-state index contributed by atoms with van der Waals surface area (Å²) in [7, 11) is 0. The zero-order valence-corrected chi connectivity index (χ0v) is 7.28. The third kappa shape index (κ3) is 3.14. The zero-order valence-electron chi connectivity index (χ0n) is 7.28. The highest BCUT2D eigenvalue weighted by molar-refractivity contribution is 5.85. The number of halogens is 6. The van der Waals surface area contributed by atoms with E-state index in [1.165, 1.54) is 0 Å². The molecule has 0 aromatic carbocycles. The molecule has 1 N–H and O–H groups in total. The average molecular weight is 236 g/mol. The number of alkyl halides is 6. The van der Waals surface area contributed by atoms with Gasteiger partial charge in [-0.1, -0.05) is 0 Å². The number of rotatable bonds is 3. The van der Waals surface area contributed by atoms with Gasteiger partial charge in [0.25, 0.3) is 0 Å². The van der Waals surface area contributed by atoms with Crippen molar-refractivity contribution in [3.05, 3.63) is 11.6 Å². The molecule has 0 spiro atoms. The molecule has 0 fully saturated rings. The Bertz CT molecular complexity index is 280. The molecular weight excluding hydrogens is 230 g/mol. The normalized spacial score (nSPS) is 16.3. The number of carboxylic acids is 1. The van der Waals surface area contributed by atoms with Crippen molar-refractivity contribution < 1.29 is 36.2 Å². The lowest BCUT2D eigenvalue weighted by atomic mass is 10.1. The minimum atomic E-state index is -6.05. The SMILES string of the molecule is CC(=CC(F)C(F)(F)C(F)(F)F)C(=O)O. The first-order valence-electron chi connectivity index (χ1n) is 3.50. The summed E-state index contributed by atoms with van der Waals surface area (Å²) in [5.74, 6) is -7.36. The van der Waals surface area contributed by atoms with Gasteiger partial charge in [-0.05, 0) is 13.0 Å². The minimum absolute atomic E-state index is 0.282. The average Bonchev–Trinajstić information content (AvgIpc) is 2.01. The Labute approximate surface area is 80.2 Å². The lowest BCUT2D eigenvalue weighted by molar-refractivity contribution is -0.297. The zero-order chi connectivity index (χ0) is 12.4. The fourth-order valence-electron chi connectivity index (χ4n) is 0.552. The first-order chi connectivity index (χ1) is 6.50. The molecule has 8 heteroatoms. The Morgan fingerprint density at radius 1 is 1.27 bits per heavy atom. The number of aliphatic carboxylic acids is 1. The Balaban J connectivity index is 4.95. The molecule has 0 saturated carbocycles. The van der Waals surface area contributed by atoms with Crippen LogP contribution in [0.1, 0.15) is 6.92 Å². The van der Waals surface area contributed by atoms with Crippen LogP contribution in [-0.2, 0) is 4.79 Å². The second kappa shape index (κ2) is 4.11. The summed E-state index contributed by atoms with van der Waals surface area (Å²) in [5.41, 5.74) is -0.925. The van der Waals surface area contributed by atoms with Crippen molar-refractivity contribution in [3.63, 3.8) is 0 Å². The van der Waals surface area contributed by atoms with Crippen LogP contribution in [0.2, 0.25) is 0 Å². The predicted molar refractivity (Wildman–Crippen MR) is 37.3 cm³/mol. The van der Waals surface area contributed by atoms with Crippen molar-refractivity contribution in [1.29, 1.82) is 0 Å². The van der Waals surface area contributed by atoms with Gasteiger partial charge in [-0.2, -0.15) is 22.0 Å². The highest BCUT2D eigenvalue weighted by Gasteiger charge is 2.62. The first-order valence-corrected chi connectivity index (χ1v) is 3.50. The molecule has 0 bridgehead atoms. The van der Waals surface area contributed by atoms with E-state index >= 15 is 0 Å². The van der Waals surface area contributed by atoms with Crippen molar-refractivity contribution in [2.24, 2.45) is 0 Å². The lowest BCUT2D eigenvalue weighted by Gasteiger charge is -2.21. The summed E-state index contributed by atoms with van der Waals surface area (Å²) in [6.45, 7) is 0.710. The van der Waals surface area contributed by atoms with Crippen LogP contribution in [0.4, 0.5) is 26.3 Å². The molecule has 0 aromatic heterocycles. The van der Waals surface area contributed by atoms with Crippen molar-refractivity contribution >= 4 is 5.97 Å². The second-order valence-electron chi connectivity index (χ2n) is 2.68. The van der Waals surface area contributed by atoms with E-state index in [2.05, 4.69) is 0 Å². The molecule has 0 aliphatic heterocycles. The molecule has 0 radical (unpaired) electrons. The van der Waals surface area contributed by atoms with E-state index in [4.69, 9.17) is 5.11 Å². The predicted octanol–water partition coefficient (Wildman–Crippen LogP) is 2.55. The molecule has 0 heterocycles. The fourth-order valence-corrected chi connectivity index (χ4v) is 0.552. The van der Waals surface area contributed by atoms with E-state index in [0.29, 0.717) is 6.92 Å². The van der Waals surface area contributed by atoms with Gasteiger partial charge >= 0.3 is 18.1 Å². The van der Waals surface area contributed by atoms with Crippen LogP contribution in [0.15, 0.2) is 11.6 Å². The van der Waals surface area contributed by atoms with Crippen molar-refractivity contribution in [1.82, 2.24) is 0 Å². The van der Waals surface area contributed by atoms with Gasteiger partial charge in [0, 0.05) is 5.57 Å². The van der Waals surface area contributed by atoms with E-state index in [1.807, 2.05) is 0 Å². The molecule has 0 aliphatic rings. The minimum Gasteiger partial charge on any atom is -0.478 e. The van der Waals surface area contributed by atoms with Crippen LogP contribution in [0.3, 0.4) is 0 Å². The number of hydrogen-bond acceptors (Lipinski definition) is 1. The second-order valence-corrected chi connectivity index (χ2v) is 2.68. The number of hydrogen-bond donors (Lipinski definition) is 1. The molecule has 0 aromatic rings. The Kier molecular flexibility index (Phi) is 3.78. The Hall–Kier alpha value is -1.21. The monoisotopic (exact) mass is 236 g/mol. The number of carbonyl (C=O) groups is 1. The summed E-state index contributed by atoms with van der Waals surface area (Å²) < 4.78 is 71.6. The van der Waals surface area contributed by atoms with Crippen LogP contribution >= 0.6 is 0 Å². The Morgan fingerprint density at radius 2 is 1.67 bits per heavy atom. The molecule has 15 heavy (non-hydrogen) atoms. The third-order valence-electron chi connectivity index (χ3n) is 1.46. The smallest absolute Gasteiger partial charge is 0.456 e. The van der Waals surface area contributed by atoms with E-state index in [9.17, 15) is 31.1 Å². The maximum absolute atomic E-state index is 12.5. The van der Waals surface area contributed by atoms with Crippen LogP contribution in [0.5, 0.6) is 0 Å². The number of allylic oxidation sites excluding steroid dienone is 1. The van der Waals surface area contributed by atoms with E-state index < -0.39 is 29.8 Å². The van der Waals surface area contributed by atoms with Crippen LogP contribution in [0.25, 0.3) is 0 Å².